The van der Waals surface area contributed by atoms with Crippen molar-refractivity contribution in [1.82, 2.24) is 14.9 Å². The van der Waals surface area contributed by atoms with E-state index < -0.39 is 0 Å². The summed E-state index contributed by atoms with van der Waals surface area (Å²) in [6, 6.07) is 0. The van der Waals surface area contributed by atoms with Crippen molar-refractivity contribution < 1.29 is 0 Å². The lowest BCUT2D eigenvalue weighted by Gasteiger charge is -1.91. The number of anilines is 1. The van der Waals surface area contributed by atoms with Crippen LogP contribution in [0.1, 0.15) is 5.82 Å². The lowest BCUT2D eigenvalue weighted by atomic mass is 10.7. The first-order chi connectivity index (χ1) is 3.72. The summed E-state index contributed by atoms with van der Waals surface area (Å²) in [7, 11) is 0. The third kappa shape index (κ3) is 1.23. The summed E-state index contributed by atoms with van der Waals surface area (Å²) >= 11 is 0. The minimum Gasteiger partial charge on any atom is -0.366 e. The predicted molar refractivity (Wildman–Crippen MR) is 36.6 cm³/mol. The highest BCUT2D eigenvalue weighted by atomic mass is 35.5. The van der Waals surface area contributed by atoms with Gasteiger partial charge in [-0.2, -0.15) is 0 Å². The fraction of sp³-hybridized carbons (Fsp3) is 0.333. The number of aromatic nitrogens is 3. The molecule has 0 amide bonds. The van der Waals surface area contributed by atoms with Crippen molar-refractivity contribution in [2.75, 3.05) is 11.6 Å². The van der Waals surface area contributed by atoms with Gasteiger partial charge >= 0.3 is 0 Å². The van der Waals surface area contributed by atoms with Gasteiger partial charge < -0.3 is 11.6 Å². The van der Waals surface area contributed by atoms with Crippen LogP contribution in [0, 0.1) is 6.92 Å². The highest BCUT2D eigenvalue weighted by Gasteiger charge is 1.96. The van der Waals surface area contributed by atoms with Crippen molar-refractivity contribution in [3.8, 4) is 0 Å². The van der Waals surface area contributed by atoms with Crippen molar-refractivity contribution in [3.63, 3.8) is 0 Å². The first kappa shape index (κ1) is 8.03. The van der Waals surface area contributed by atoms with Gasteiger partial charge in [-0.05, 0) is 6.92 Å². The molecule has 5 nitrogen and oxygen atoms in total. The molecule has 0 fully saturated rings. The molecule has 0 saturated heterocycles. The van der Waals surface area contributed by atoms with E-state index in [0.29, 0.717) is 5.82 Å². The average molecular weight is 150 g/mol. The zero-order valence-corrected chi connectivity index (χ0v) is 5.72. The maximum Gasteiger partial charge on any atom is 0.240 e. The van der Waals surface area contributed by atoms with Gasteiger partial charge in [0.05, 0.1) is 0 Å². The first-order valence-corrected chi connectivity index (χ1v) is 2.14. The molecule has 52 valence electrons. The van der Waals surface area contributed by atoms with Gasteiger partial charge in [0.25, 0.3) is 0 Å². The van der Waals surface area contributed by atoms with Gasteiger partial charge in [-0.1, -0.05) is 0 Å². The summed E-state index contributed by atoms with van der Waals surface area (Å²) in [5.41, 5.74) is 5.20. The minimum atomic E-state index is 0. The van der Waals surface area contributed by atoms with Crippen LogP contribution in [0.5, 0.6) is 0 Å². The van der Waals surface area contributed by atoms with Gasteiger partial charge in [-0.3, -0.25) is 0 Å². The average Bonchev–Trinajstić information content (AvgIpc) is 1.98. The van der Waals surface area contributed by atoms with Gasteiger partial charge in [0, 0.05) is 0 Å². The fourth-order valence-electron chi connectivity index (χ4n) is 0.386. The molecule has 0 radical (unpaired) electrons. The van der Waals surface area contributed by atoms with E-state index >= 15 is 0 Å². The van der Waals surface area contributed by atoms with Crippen molar-refractivity contribution in [2.45, 2.75) is 6.92 Å². The SMILES string of the molecule is Cc1nnc(N)n1N.Cl. The van der Waals surface area contributed by atoms with Crippen molar-refractivity contribution in [2.24, 2.45) is 0 Å². The smallest absolute Gasteiger partial charge is 0.240 e. The van der Waals surface area contributed by atoms with Gasteiger partial charge in [0.15, 0.2) is 5.82 Å². The van der Waals surface area contributed by atoms with Crippen LogP contribution >= 0.6 is 12.4 Å². The van der Waals surface area contributed by atoms with E-state index in [9.17, 15) is 0 Å². The maximum absolute atomic E-state index is 5.27. The largest absolute Gasteiger partial charge is 0.366 e. The van der Waals surface area contributed by atoms with Crippen molar-refractivity contribution in [3.05, 3.63) is 5.82 Å². The van der Waals surface area contributed by atoms with E-state index in [1.54, 1.807) is 6.92 Å². The number of hydrogen-bond acceptors (Lipinski definition) is 4. The van der Waals surface area contributed by atoms with E-state index in [-0.39, 0.29) is 18.4 Å². The molecule has 1 rings (SSSR count). The summed E-state index contributed by atoms with van der Waals surface area (Å²) in [5, 5.41) is 7.06. The molecule has 0 saturated carbocycles. The second-order valence-corrected chi connectivity index (χ2v) is 1.48. The second-order valence-electron chi connectivity index (χ2n) is 1.48. The second kappa shape index (κ2) is 2.54. The Hall–Kier alpha value is -0.970. The van der Waals surface area contributed by atoms with Crippen LogP contribution in [0.15, 0.2) is 0 Å². The number of rotatable bonds is 0. The molecule has 0 unspecified atom stereocenters. The maximum atomic E-state index is 5.27. The van der Waals surface area contributed by atoms with Gasteiger partial charge in [-0.25, -0.2) is 4.68 Å². The molecule has 4 N–H and O–H groups in total. The molecule has 6 heteroatoms. The van der Waals surface area contributed by atoms with Gasteiger partial charge in [0.1, 0.15) is 0 Å². The quantitative estimate of drug-likeness (QED) is 0.478. The summed E-state index contributed by atoms with van der Waals surface area (Å²) in [5.74, 6) is 6.12. The molecule has 0 aromatic carbocycles. The topological polar surface area (TPSA) is 82.8 Å². The van der Waals surface area contributed by atoms with Crippen molar-refractivity contribution >= 4 is 18.4 Å². The number of nitrogens with two attached hydrogens (primary N) is 2. The molecule has 0 atom stereocenters. The van der Waals surface area contributed by atoms with Crippen LogP contribution in [-0.4, -0.2) is 14.9 Å². The Morgan fingerprint density at radius 1 is 1.44 bits per heavy atom. The van der Waals surface area contributed by atoms with E-state index in [2.05, 4.69) is 10.2 Å². The minimum absolute atomic E-state index is 0. The Bertz CT molecular complexity index is 175. The Kier molecular flexibility index (Phi) is 2.27. The lowest BCUT2D eigenvalue weighted by molar-refractivity contribution is 0.934. The molecule has 1 heterocycles. The van der Waals surface area contributed by atoms with E-state index in [1.807, 2.05) is 0 Å². The number of nitrogen functional groups attached to an aromatic ring is 2. The van der Waals surface area contributed by atoms with E-state index in [1.165, 1.54) is 4.68 Å². The Morgan fingerprint density at radius 2 is 2.00 bits per heavy atom. The van der Waals surface area contributed by atoms with Crippen LogP contribution < -0.4 is 11.6 Å². The van der Waals surface area contributed by atoms with Crippen LogP contribution in [0.25, 0.3) is 0 Å². The Balaban J connectivity index is 0.000000640. The zero-order valence-electron chi connectivity index (χ0n) is 4.90. The molecule has 1 aromatic heterocycles. The van der Waals surface area contributed by atoms with Gasteiger partial charge in [-0.15, -0.1) is 22.6 Å². The predicted octanol–water partition coefficient (Wildman–Crippen LogP) is -0.696. The third-order valence-electron chi connectivity index (χ3n) is 0.893. The molecule has 0 bridgehead atoms. The zero-order chi connectivity index (χ0) is 6.15. The number of hydrogen-bond donors (Lipinski definition) is 2. The molecule has 0 aliphatic heterocycles. The standard InChI is InChI=1S/C3H7N5.ClH/c1-2-6-7-3(4)8(2)5;/h5H2,1H3,(H2,4,7);1H. The molecule has 0 aliphatic carbocycles. The normalized spacial score (nSPS) is 8.56. The summed E-state index contributed by atoms with van der Waals surface area (Å²) in [6.07, 6.45) is 0. The Labute approximate surface area is 58.4 Å². The summed E-state index contributed by atoms with van der Waals surface area (Å²) in [4.78, 5) is 0. The van der Waals surface area contributed by atoms with Gasteiger partial charge in [0.2, 0.25) is 5.95 Å². The third-order valence-corrected chi connectivity index (χ3v) is 0.893. The molecule has 1 aromatic rings. The summed E-state index contributed by atoms with van der Waals surface area (Å²) in [6.45, 7) is 1.73. The summed E-state index contributed by atoms with van der Waals surface area (Å²) < 4.78 is 1.22. The molecule has 9 heavy (non-hydrogen) atoms. The number of aryl methyl sites for hydroxylation is 1. The lowest BCUT2D eigenvalue weighted by Crippen LogP contribution is -2.13. The molecular formula is C3H8ClN5. The van der Waals surface area contributed by atoms with Crippen LogP contribution in [-0.2, 0) is 0 Å². The molecular weight excluding hydrogens is 142 g/mol. The van der Waals surface area contributed by atoms with E-state index in [4.69, 9.17) is 11.6 Å². The fourth-order valence-corrected chi connectivity index (χ4v) is 0.386. The van der Waals surface area contributed by atoms with Crippen molar-refractivity contribution in [1.29, 1.82) is 0 Å². The number of halogens is 1. The van der Waals surface area contributed by atoms with Crippen LogP contribution in [0.2, 0.25) is 0 Å². The van der Waals surface area contributed by atoms with E-state index in [0.717, 1.165) is 0 Å². The highest BCUT2D eigenvalue weighted by Crippen LogP contribution is 1.92. The molecule has 0 spiro atoms. The number of nitrogens with zero attached hydrogens (tertiary/aromatic N) is 3. The highest BCUT2D eigenvalue weighted by molar-refractivity contribution is 5.85. The first-order valence-electron chi connectivity index (χ1n) is 2.14. The monoisotopic (exact) mass is 149 g/mol. The molecule has 0 aliphatic rings. The Morgan fingerprint density at radius 3 is 2.11 bits per heavy atom. The van der Waals surface area contributed by atoms with Crippen LogP contribution in [0.3, 0.4) is 0 Å². The van der Waals surface area contributed by atoms with Crippen LogP contribution in [0.4, 0.5) is 5.95 Å².